The predicted octanol–water partition coefficient (Wildman–Crippen LogP) is 1.14. The van der Waals surface area contributed by atoms with E-state index in [4.69, 9.17) is 9.84 Å². The normalized spacial score (nSPS) is 11.9. The van der Waals surface area contributed by atoms with Gasteiger partial charge in [-0.3, -0.25) is 4.79 Å². The van der Waals surface area contributed by atoms with Gasteiger partial charge in [-0.2, -0.15) is 0 Å². The Hall–Kier alpha value is -1.88. The smallest absolute Gasteiger partial charge is 0.326 e. The number of benzene rings is 1. The third-order valence-electron chi connectivity index (χ3n) is 2.63. The lowest BCUT2D eigenvalue weighted by Gasteiger charge is -2.14. The summed E-state index contributed by atoms with van der Waals surface area (Å²) in [7, 11) is 0. The molecule has 1 aromatic carbocycles. The number of carbonyl (C=O) groups is 2. The second-order valence-corrected chi connectivity index (χ2v) is 4.29. The van der Waals surface area contributed by atoms with Gasteiger partial charge in [-0.1, -0.05) is 29.8 Å². The summed E-state index contributed by atoms with van der Waals surface area (Å²) in [6.45, 7) is 4.04. The molecule has 0 aromatic heterocycles. The van der Waals surface area contributed by atoms with Crippen LogP contribution in [0.4, 0.5) is 0 Å². The highest BCUT2D eigenvalue weighted by Gasteiger charge is 2.20. The van der Waals surface area contributed by atoms with E-state index in [0.717, 1.165) is 11.1 Å². The lowest BCUT2D eigenvalue weighted by atomic mass is 10.0. The third kappa shape index (κ3) is 5.52. The van der Waals surface area contributed by atoms with Crippen LogP contribution in [0.3, 0.4) is 0 Å². The van der Waals surface area contributed by atoms with Gasteiger partial charge in [0.1, 0.15) is 12.6 Å². The first-order valence-corrected chi connectivity index (χ1v) is 6.18. The molecule has 0 saturated heterocycles. The van der Waals surface area contributed by atoms with Gasteiger partial charge >= 0.3 is 5.97 Å². The van der Waals surface area contributed by atoms with E-state index in [1.54, 1.807) is 6.92 Å². The second kappa shape index (κ2) is 7.53. The molecule has 1 atom stereocenters. The van der Waals surface area contributed by atoms with Crippen LogP contribution in [0.15, 0.2) is 24.3 Å². The van der Waals surface area contributed by atoms with Gasteiger partial charge in [-0.15, -0.1) is 0 Å². The molecule has 5 nitrogen and oxygen atoms in total. The molecule has 1 rings (SSSR count). The van der Waals surface area contributed by atoms with Crippen LogP contribution in [0.1, 0.15) is 18.1 Å². The fourth-order valence-corrected chi connectivity index (χ4v) is 1.59. The Morgan fingerprint density at radius 2 is 1.95 bits per heavy atom. The number of ether oxygens (including phenoxy) is 1. The lowest BCUT2D eigenvalue weighted by Crippen LogP contribution is -2.43. The minimum atomic E-state index is -1.05. The number of nitrogens with one attached hydrogen (secondary N) is 1. The molecule has 104 valence electrons. The van der Waals surface area contributed by atoms with Gasteiger partial charge in [0.2, 0.25) is 5.91 Å². The van der Waals surface area contributed by atoms with Crippen LogP contribution >= 0.6 is 0 Å². The third-order valence-corrected chi connectivity index (χ3v) is 2.63. The Bertz CT molecular complexity index is 428. The average Bonchev–Trinajstić information content (AvgIpc) is 2.38. The number of hydrogen-bond acceptors (Lipinski definition) is 3. The highest BCUT2D eigenvalue weighted by molar-refractivity contribution is 5.84. The molecule has 0 unspecified atom stereocenters. The SMILES string of the molecule is CCOCC(=O)N[C@H](Cc1ccc(C)cc1)C(=O)O. The van der Waals surface area contributed by atoms with Crippen molar-refractivity contribution in [1.82, 2.24) is 5.32 Å². The van der Waals surface area contributed by atoms with Crippen LogP contribution in [-0.2, 0) is 20.7 Å². The largest absolute Gasteiger partial charge is 0.480 e. The van der Waals surface area contributed by atoms with Crippen molar-refractivity contribution in [1.29, 1.82) is 0 Å². The molecule has 2 N–H and O–H groups in total. The lowest BCUT2D eigenvalue weighted by molar-refractivity contribution is -0.142. The van der Waals surface area contributed by atoms with Crippen molar-refractivity contribution in [3.63, 3.8) is 0 Å². The van der Waals surface area contributed by atoms with Crippen molar-refractivity contribution in [2.75, 3.05) is 13.2 Å². The monoisotopic (exact) mass is 265 g/mol. The van der Waals surface area contributed by atoms with E-state index in [9.17, 15) is 9.59 Å². The number of carboxylic acids is 1. The molecule has 0 saturated carbocycles. The van der Waals surface area contributed by atoms with E-state index in [0.29, 0.717) is 6.61 Å². The Morgan fingerprint density at radius 1 is 1.32 bits per heavy atom. The number of aryl methyl sites for hydroxylation is 1. The summed E-state index contributed by atoms with van der Waals surface area (Å²) in [6.07, 6.45) is 0.257. The molecule has 0 aliphatic carbocycles. The maximum atomic E-state index is 11.5. The Balaban J connectivity index is 2.60. The Morgan fingerprint density at radius 3 is 2.47 bits per heavy atom. The molecule has 0 radical (unpaired) electrons. The maximum Gasteiger partial charge on any atom is 0.326 e. The molecular formula is C14H19NO4. The van der Waals surface area contributed by atoms with Gasteiger partial charge in [-0.25, -0.2) is 4.79 Å². The number of carbonyl (C=O) groups excluding carboxylic acids is 1. The Kier molecular flexibility index (Phi) is 6.02. The van der Waals surface area contributed by atoms with Gasteiger partial charge in [0.05, 0.1) is 0 Å². The number of carboxylic acid groups (broad SMARTS) is 1. The van der Waals surface area contributed by atoms with Gasteiger partial charge in [0.25, 0.3) is 0 Å². The molecule has 5 heteroatoms. The highest BCUT2D eigenvalue weighted by Crippen LogP contribution is 2.06. The van der Waals surface area contributed by atoms with Crippen molar-refractivity contribution in [3.05, 3.63) is 35.4 Å². The van der Waals surface area contributed by atoms with Crippen LogP contribution in [-0.4, -0.2) is 36.2 Å². The standard InChI is InChI=1S/C14H19NO4/c1-3-19-9-13(16)15-12(14(17)18)8-11-6-4-10(2)5-7-11/h4-7,12H,3,8-9H2,1-2H3,(H,15,16)(H,17,18)/t12-/m1/s1. The van der Waals surface area contributed by atoms with E-state index >= 15 is 0 Å². The minimum absolute atomic E-state index is 0.117. The summed E-state index contributed by atoms with van der Waals surface area (Å²) in [4.78, 5) is 22.6. The molecular weight excluding hydrogens is 246 g/mol. The second-order valence-electron chi connectivity index (χ2n) is 4.29. The number of hydrogen-bond donors (Lipinski definition) is 2. The van der Waals surface area contributed by atoms with E-state index in [1.165, 1.54) is 0 Å². The summed E-state index contributed by atoms with van der Waals surface area (Å²) in [6, 6.07) is 6.61. The zero-order valence-corrected chi connectivity index (χ0v) is 11.2. The van der Waals surface area contributed by atoms with Crippen molar-refractivity contribution in [3.8, 4) is 0 Å². The number of amides is 1. The predicted molar refractivity (Wildman–Crippen MR) is 70.9 cm³/mol. The van der Waals surface area contributed by atoms with Crippen molar-refractivity contribution in [2.24, 2.45) is 0 Å². The van der Waals surface area contributed by atoms with E-state index in [2.05, 4.69) is 5.32 Å². The van der Waals surface area contributed by atoms with Crippen LogP contribution < -0.4 is 5.32 Å². The molecule has 0 aliphatic rings. The van der Waals surface area contributed by atoms with Gasteiger partial charge in [-0.05, 0) is 19.4 Å². The summed E-state index contributed by atoms with van der Waals surface area (Å²) in [5, 5.41) is 11.6. The molecule has 1 aromatic rings. The van der Waals surface area contributed by atoms with Crippen molar-refractivity contribution in [2.45, 2.75) is 26.3 Å². The topological polar surface area (TPSA) is 75.6 Å². The van der Waals surface area contributed by atoms with Crippen molar-refractivity contribution < 1.29 is 19.4 Å². The van der Waals surface area contributed by atoms with Gasteiger partial charge in [0, 0.05) is 13.0 Å². The highest BCUT2D eigenvalue weighted by atomic mass is 16.5. The van der Waals surface area contributed by atoms with Crippen molar-refractivity contribution >= 4 is 11.9 Å². The van der Waals surface area contributed by atoms with Gasteiger partial charge < -0.3 is 15.2 Å². The molecule has 19 heavy (non-hydrogen) atoms. The van der Waals surface area contributed by atoms with E-state index in [1.807, 2.05) is 31.2 Å². The summed E-state index contributed by atoms with van der Waals surface area (Å²) in [5.74, 6) is -1.47. The summed E-state index contributed by atoms with van der Waals surface area (Å²) in [5.41, 5.74) is 1.98. The average molecular weight is 265 g/mol. The molecule has 0 spiro atoms. The first kappa shape index (κ1) is 15.2. The maximum absolute atomic E-state index is 11.5. The summed E-state index contributed by atoms with van der Waals surface area (Å²) < 4.78 is 4.94. The summed E-state index contributed by atoms with van der Waals surface area (Å²) >= 11 is 0. The van der Waals surface area contributed by atoms with Crippen LogP contribution in [0.25, 0.3) is 0 Å². The molecule has 0 fully saturated rings. The fraction of sp³-hybridized carbons (Fsp3) is 0.429. The molecule has 0 bridgehead atoms. The first-order chi connectivity index (χ1) is 9.02. The zero-order valence-electron chi connectivity index (χ0n) is 11.2. The number of aliphatic carboxylic acids is 1. The first-order valence-electron chi connectivity index (χ1n) is 6.18. The van der Waals surface area contributed by atoms with Crippen LogP contribution in [0, 0.1) is 6.92 Å². The fourth-order valence-electron chi connectivity index (χ4n) is 1.59. The van der Waals surface area contributed by atoms with E-state index < -0.39 is 17.9 Å². The zero-order chi connectivity index (χ0) is 14.3. The molecule has 0 aliphatic heterocycles. The Labute approximate surface area is 112 Å². The quantitative estimate of drug-likeness (QED) is 0.775. The van der Waals surface area contributed by atoms with Gasteiger partial charge in [0.15, 0.2) is 0 Å². The molecule has 0 heterocycles. The van der Waals surface area contributed by atoms with Crippen LogP contribution in [0.2, 0.25) is 0 Å². The molecule has 1 amide bonds. The number of rotatable bonds is 7. The minimum Gasteiger partial charge on any atom is -0.480 e. The van der Waals surface area contributed by atoms with E-state index in [-0.39, 0.29) is 13.0 Å². The van der Waals surface area contributed by atoms with Crippen LogP contribution in [0.5, 0.6) is 0 Å².